The first-order chi connectivity index (χ1) is 12.2. The molecule has 0 N–H and O–H groups in total. The van der Waals surface area contributed by atoms with E-state index in [1.165, 1.54) is 25.7 Å². The lowest BCUT2D eigenvalue weighted by atomic mass is 9.89. The van der Waals surface area contributed by atoms with Crippen LogP contribution in [-0.2, 0) is 14.3 Å². The number of allylic oxidation sites excluding steroid dienone is 2. The van der Waals surface area contributed by atoms with Crippen LogP contribution in [0.5, 0.6) is 0 Å². The van der Waals surface area contributed by atoms with Crippen molar-refractivity contribution in [3.63, 3.8) is 0 Å². The zero-order valence-corrected chi connectivity index (χ0v) is 16.4. The van der Waals surface area contributed by atoms with Crippen LogP contribution >= 0.6 is 0 Å². The Bertz CT molecular complexity index is 400. The molecule has 0 radical (unpaired) electrons. The van der Waals surface area contributed by atoms with E-state index in [-0.39, 0.29) is 11.9 Å². The smallest absolute Gasteiger partial charge is 0.305 e. The standard InChI is InChI=1S/C22H38O3/c1-3-5-6-7-8-11-14-19-17-18-21(23)20(19)15-12-9-10-13-16-22(24)25-4-2/h11,14,19-20H,3-10,12-13,15-18H2,1-2H3/t19-,20+/m0/s1. The lowest BCUT2D eigenvalue weighted by Gasteiger charge is -2.14. The maximum Gasteiger partial charge on any atom is 0.305 e. The summed E-state index contributed by atoms with van der Waals surface area (Å²) in [5.41, 5.74) is 0. The van der Waals surface area contributed by atoms with Crippen molar-refractivity contribution in [2.45, 2.75) is 97.3 Å². The monoisotopic (exact) mass is 350 g/mol. The molecular formula is C22H38O3. The molecule has 1 saturated carbocycles. The largest absolute Gasteiger partial charge is 0.466 e. The molecule has 1 fully saturated rings. The second kappa shape index (κ2) is 14.1. The number of Topliss-reactive ketones (excluding diaryl/α,β-unsaturated/α-hetero) is 1. The van der Waals surface area contributed by atoms with Crippen LogP contribution < -0.4 is 0 Å². The molecule has 0 aromatic heterocycles. The van der Waals surface area contributed by atoms with Gasteiger partial charge in [-0.05, 0) is 44.9 Å². The fourth-order valence-electron chi connectivity index (χ4n) is 3.72. The average molecular weight is 351 g/mol. The van der Waals surface area contributed by atoms with Gasteiger partial charge in [-0.3, -0.25) is 9.59 Å². The van der Waals surface area contributed by atoms with Gasteiger partial charge in [-0.2, -0.15) is 0 Å². The second-order valence-corrected chi connectivity index (χ2v) is 7.31. The van der Waals surface area contributed by atoms with Gasteiger partial charge in [-0.1, -0.05) is 57.6 Å². The van der Waals surface area contributed by atoms with Gasteiger partial charge in [0.05, 0.1) is 6.61 Å². The van der Waals surface area contributed by atoms with Crippen molar-refractivity contribution in [2.24, 2.45) is 11.8 Å². The summed E-state index contributed by atoms with van der Waals surface area (Å²) in [4.78, 5) is 23.4. The van der Waals surface area contributed by atoms with Crippen LogP contribution in [0.4, 0.5) is 0 Å². The van der Waals surface area contributed by atoms with Crippen molar-refractivity contribution in [2.75, 3.05) is 6.61 Å². The molecule has 0 heterocycles. The summed E-state index contributed by atoms with van der Waals surface area (Å²) in [5.74, 6) is 1.10. The molecule has 0 bridgehead atoms. The normalized spacial score (nSPS) is 20.5. The lowest BCUT2D eigenvalue weighted by Crippen LogP contribution is -2.13. The molecule has 0 aliphatic heterocycles. The fraction of sp³-hybridized carbons (Fsp3) is 0.818. The molecule has 0 aromatic rings. The van der Waals surface area contributed by atoms with Gasteiger partial charge < -0.3 is 4.74 Å². The van der Waals surface area contributed by atoms with E-state index >= 15 is 0 Å². The quantitative estimate of drug-likeness (QED) is 0.219. The van der Waals surface area contributed by atoms with Gasteiger partial charge in [0, 0.05) is 18.8 Å². The molecule has 3 nitrogen and oxygen atoms in total. The number of esters is 1. The predicted octanol–water partition coefficient (Wildman–Crippen LogP) is 6.01. The molecule has 1 aliphatic carbocycles. The summed E-state index contributed by atoms with van der Waals surface area (Å²) in [7, 11) is 0. The first kappa shape index (κ1) is 21.9. The molecule has 0 spiro atoms. The third-order valence-electron chi connectivity index (χ3n) is 5.21. The Morgan fingerprint density at radius 1 is 1.08 bits per heavy atom. The summed E-state index contributed by atoms with van der Waals surface area (Å²) < 4.78 is 4.93. The highest BCUT2D eigenvalue weighted by Crippen LogP contribution is 2.34. The average Bonchev–Trinajstić information content (AvgIpc) is 2.94. The van der Waals surface area contributed by atoms with E-state index in [0.717, 1.165) is 51.4 Å². The summed E-state index contributed by atoms with van der Waals surface area (Å²) in [6.45, 7) is 4.55. The molecule has 25 heavy (non-hydrogen) atoms. The third kappa shape index (κ3) is 9.81. The van der Waals surface area contributed by atoms with Crippen molar-refractivity contribution in [3.8, 4) is 0 Å². The summed E-state index contributed by atoms with van der Waals surface area (Å²) in [6.07, 6.45) is 18.5. The van der Waals surface area contributed by atoms with E-state index in [1.54, 1.807) is 0 Å². The van der Waals surface area contributed by atoms with Crippen molar-refractivity contribution in [1.29, 1.82) is 0 Å². The number of carbonyl (C=O) groups is 2. The minimum Gasteiger partial charge on any atom is -0.466 e. The zero-order valence-electron chi connectivity index (χ0n) is 16.4. The highest BCUT2D eigenvalue weighted by Gasteiger charge is 2.31. The molecule has 3 heteroatoms. The van der Waals surface area contributed by atoms with Crippen molar-refractivity contribution < 1.29 is 14.3 Å². The molecule has 1 rings (SSSR count). The number of ether oxygens (including phenoxy) is 1. The van der Waals surface area contributed by atoms with E-state index < -0.39 is 0 Å². The van der Waals surface area contributed by atoms with E-state index in [4.69, 9.17) is 4.74 Å². The van der Waals surface area contributed by atoms with Crippen LogP contribution in [0.1, 0.15) is 97.3 Å². The number of rotatable bonds is 14. The Morgan fingerprint density at radius 2 is 1.84 bits per heavy atom. The second-order valence-electron chi connectivity index (χ2n) is 7.31. The van der Waals surface area contributed by atoms with Crippen molar-refractivity contribution >= 4 is 11.8 Å². The topological polar surface area (TPSA) is 43.4 Å². The number of hydrogen-bond acceptors (Lipinski definition) is 3. The van der Waals surface area contributed by atoms with Crippen LogP contribution in [0.3, 0.4) is 0 Å². The lowest BCUT2D eigenvalue weighted by molar-refractivity contribution is -0.143. The molecule has 0 aromatic carbocycles. The first-order valence-electron chi connectivity index (χ1n) is 10.5. The minimum absolute atomic E-state index is 0.0855. The minimum atomic E-state index is -0.0855. The van der Waals surface area contributed by atoms with Crippen LogP contribution in [0.25, 0.3) is 0 Å². The number of carbonyl (C=O) groups excluding carboxylic acids is 2. The zero-order chi connectivity index (χ0) is 18.3. The SMILES string of the molecule is CCCCCCC=C[C@H]1CCC(=O)[C@@H]1CCCCCCC(=O)OCC. The van der Waals surface area contributed by atoms with Gasteiger partial charge in [-0.25, -0.2) is 0 Å². The molecule has 0 unspecified atom stereocenters. The molecule has 144 valence electrons. The number of unbranched alkanes of at least 4 members (excludes halogenated alkanes) is 7. The van der Waals surface area contributed by atoms with Crippen molar-refractivity contribution in [1.82, 2.24) is 0 Å². The van der Waals surface area contributed by atoms with Gasteiger partial charge in [0.15, 0.2) is 0 Å². The summed E-state index contributed by atoms with van der Waals surface area (Å²) in [5, 5.41) is 0. The maximum absolute atomic E-state index is 12.1. The van der Waals surface area contributed by atoms with Gasteiger partial charge >= 0.3 is 5.97 Å². The highest BCUT2D eigenvalue weighted by atomic mass is 16.5. The van der Waals surface area contributed by atoms with Crippen molar-refractivity contribution in [3.05, 3.63) is 12.2 Å². The Morgan fingerprint density at radius 3 is 2.60 bits per heavy atom. The molecule has 0 saturated heterocycles. The maximum atomic E-state index is 12.1. The van der Waals surface area contributed by atoms with E-state index in [2.05, 4.69) is 19.1 Å². The summed E-state index contributed by atoms with van der Waals surface area (Å²) in [6, 6.07) is 0. The van der Waals surface area contributed by atoms with E-state index in [1.807, 2.05) is 6.92 Å². The first-order valence-corrected chi connectivity index (χ1v) is 10.5. The fourth-order valence-corrected chi connectivity index (χ4v) is 3.72. The highest BCUT2D eigenvalue weighted by molar-refractivity contribution is 5.83. The third-order valence-corrected chi connectivity index (χ3v) is 5.21. The van der Waals surface area contributed by atoms with E-state index in [9.17, 15) is 9.59 Å². The van der Waals surface area contributed by atoms with Crippen LogP contribution in [0.15, 0.2) is 12.2 Å². The number of ketones is 1. The predicted molar refractivity (Wildman–Crippen MR) is 103 cm³/mol. The van der Waals surface area contributed by atoms with Gasteiger partial charge in [0.25, 0.3) is 0 Å². The molecule has 1 aliphatic rings. The van der Waals surface area contributed by atoms with E-state index in [0.29, 0.717) is 24.7 Å². The molecular weight excluding hydrogens is 312 g/mol. The van der Waals surface area contributed by atoms with Gasteiger partial charge in [0.2, 0.25) is 0 Å². The van der Waals surface area contributed by atoms with Crippen LogP contribution in [-0.4, -0.2) is 18.4 Å². The van der Waals surface area contributed by atoms with Gasteiger partial charge in [0.1, 0.15) is 5.78 Å². The Hall–Kier alpha value is -1.12. The Labute approximate surface area is 154 Å². The molecule has 2 atom stereocenters. The Kier molecular flexibility index (Phi) is 12.4. The Balaban J connectivity index is 2.16. The summed E-state index contributed by atoms with van der Waals surface area (Å²) >= 11 is 0. The van der Waals surface area contributed by atoms with Crippen LogP contribution in [0, 0.1) is 11.8 Å². The number of hydrogen-bond donors (Lipinski definition) is 0. The van der Waals surface area contributed by atoms with Gasteiger partial charge in [-0.15, -0.1) is 0 Å². The molecule has 0 amide bonds. The van der Waals surface area contributed by atoms with Crippen LogP contribution in [0.2, 0.25) is 0 Å².